The largest absolute Gasteiger partial charge is 0.481 e. The molecule has 0 bridgehead atoms. The van der Waals surface area contributed by atoms with Crippen LogP contribution in [0.1, 0.15) is 52.4 Å². The predicted molar refractivity (Wildman–Crippen MR) is 131 cm³/mol. The number of carbonyl (C=O) groups excluding carboxylic acids is 4. The molecule has 0 saturated carbocycles. The number of guanidine groups is 1. The van der Waals surface area contributed by atoms with Crippen molar-refractivity contribution in [1.29, 1.82) is 0 Å². The molecule has 4 amide bonds. The quantitative estimate of drug-likeness (QED) is 0.0480. The molecule has 0 spiro atoms. The first-order valence-electron chi connectivity index (χ1n) is 11.6. The zero-order valence-electron chi connectivity index (χ0n) is 20.9. The lowest BCUT2D eigenvalue weighted by atomic mass is 10.0. The van der Waals surface area contributed by atoms with E-state index >= 15 is 0 Å². The summed E-state index contributed by atoms with van der Waals surface area (Å²) in [4.78, 5) is 75.3. The topological polar surface area (TPSA) is 295 Å². The molecule has 0 heterocycles. The molecule has 13 N–H and O–H groups in total. The predicted octanol–water partition coefficient (Wildman–Crippen LogP) is -3.31. The standard InChI is InChI=1S/C21H38N8O8/c1-10(2)16(29-17(33)11(22)5-8-15(31)32)19(35)27-12(4-3-9-26-21(24)25)18(34)28-13(20(36)37)6-7-14(23)30/h10-13,16H,3-9,22H2,1-2H3,(H2,23,30)(H,27,35)(H,28,34)(H,29,33)(H,31,32)(H,36,37)(H4,24,25,26). The van der Waals surface area contributed by atoms with Crippen LogP contribution in [-0.2, 0) is 28.8 Å². The molecule has 4 unspecified atom stereocenters. The van der Waals surface area contributed by atoms with Crippen molar-refractivity contribution in [3.8, 4) is 0 Å². The monoisotopic (exact) mass is 530 g/mol. The summed E-state index contributed by atoms with van der Waals surface area (Å²) >= 11 is 0. The third kappa shape index (κ3) is 14.3. The van der Waals surface area contributed by atoms with Gasteiger partial charge in [-0.1, -0.05) is 13.8 Å². The first kappa shape index (κ1) is 33.0. The Bertz CT molecular complexity index is 859. The van der Waals surface area contributed by atoms with Gasteiger partial charge in [-0.05, 0) is 31.6 Å². The fraction of sp³-hybridized carbons (Fsp3) is 0.667. The Hall–Kier alpha value is -3.95. The summed E-state index contributed by atoms with van der Waals surface area (Å²) in [6.07, 6.45) is -0.801. The Kier molecular flexibility index (Phi) is 14.9. The van der Waals surface area contributed by atoms with Crippen molar-refractivity contribution in [2.45, 2.75) is 76.5 Å². The van der Waals surface area contributed by atoms with Crippen LogP contribution in [0, 0.1) is 5.92 Å². The SMILES string of the molecule is CC(C)C(NC(=O)C(N)CCC(=O)O)C(=O)NC(CCCN=C(N)N)C(=O)NC(CCC(N)=O)C(=O)O. The fourth-order valence-corrected chi connectivity index (χ4v) is 3.06. The fourth-order valence-electron chi connectivity index (χ4n) is 3.06. The smallest absolute Gasteiger partial charge is 0.326 e. The molecule has 0 aliphatic rings. The van der Waals surface area contributed by atoms with Gasteiger partial charge >= 0.3 is 11.9 Å². The number of carboxylic acids is 2. The molecule has 16 nitrogen and oxygen atoms in total. The van der Waals surface area contributed by atoms with Gasteiger partial charge in [0.1, 0.15) is 18.1 Å². The van der Waals surface area contributed by atoms with Crippen LogP contribution in [0.5, 0.6) is 0 Å². The van der Waals surface area contributed by atoms with E-state index in [-0.39, 0.29) is 51.0 Å². The van der Waals surface area contributed by atoms with Crippen molar-refractivity contribution in [3.05, 3.63) is 0 Å². The summed E-state index contributed by atoms with van der Waals surface area (Å²) in [5.74, 6) is -6.26. The molecule has 0 aromatic rings. The highest BCUT2D eigenvalue weighted by molar-refractivity contribution is 5.94. The molecule has 0 saturated heterocycles. The van der Waals surface area contributed by atoms with Crippen LogP contribution in [-0.4, -0.2) is 82.5 Å². The zero-order chi connectivity index (χ0) is 28.7. The molecule has 0 aliphatic carbocycles. The van der Waals surface area contributed by atoms with Gasteiger partial charge in [0.15, 0.2) is 5.96 Å². The summed E-state index contributed by atoms with van der Waals surface area (Å²) in [5, 5.41) is 25.4. The molecule has 16 heteroatoms. The molecular weight excluding hydrogens is 492 g/mol. The third-order valence-corrected chi connectivity index (χ3v) is 5.13. The molecule has 0 aromatic heterocycles. The molecule has 0 radical (unpaired) electrons. The van der Waals surface area contributed by atoms with Crippen LogP contribution in [0.3, 0.4) is 0 Å². The minimum atomic E-state index is -1.44. The minimum absolute atomic E-state index is 0.00734. The number of carboxylic acid groups (broad SMARTS) is 2. The van der Waals surface area contributed by atoms with Gasteiger partial charge in [0, 0.05) is 19.4 Å². The van der Waals surface area contributed by atoms with Gasteiger partial charge < -0.3 is 49.1 Å². The van der Waals surface area contributed by atoms with Crippen molar-refractivity contribution in [2.24, 2.45) is 33.8 Å². The second kappa shape index (κ2) is 16.7. The number of aliphatic imine (C=N–C) groups is 1. The van der Waals surface area contributed by atoms with E-state index in [2.05, 4.69) is 20.9 Å². The zero-order valence-corrected chi connectivity index (χ0v) is 20.9. The first-order valence-corrected chi connectivity index (χ1v) is 11.6. The van der Waals surface area contributed by atoms with Gasteiger partial charge in [0.05, 0.1) is 6.04 Å². The number of hydrogen-bond acceptors (Lipinski definition) is 8. The van der Waals surface area contributed by atoms with Gasteiger partial charge in [-0.25, -0.2) is 4.79 Å². The van der Waals surface area contributed by atoms with Gasteiger partial charge in [0.25, 0.3) is 0 Å². The molecule has 0 fully saturated rings. The maximum atomic E-state index is 13.0. The van der Waals surface area contributed by atoms with Crippen molar-refractivity contribution >= 4 is 41.5 Å². The van der Waals surface area contributed by atoms with Crippen molar-refractivity contribution in [2.75, 3.05) is 6.54 Å². The van der Waals surface area contributed by atoms with E-state index in [9.17, 15) is 33.9 Å². The number of carbonyl (C=O) groups is 6. The molecule has 0 aromatic carbocycles. The number of hydrogen-bond donors (Lipinski definition) is 9. The first-order chi connectivity index (χ1) is 17.1. The van der Waals surface area contributed by atoms with Gasteiger partial charge in [-0.2, -0.15) is 0 Å². The lowest BCUT2D eigenvalue weighted by molar-refractivity contribution is -0.143. The number of rotatable bonds is 18. The van der Waals surface area contributed by atoms with Crippen molar-refractivity contribution in [3.63, 3.8) is 0 Å². The Morgan fingerprint density at radius 3 is 1.86 bits per heavy atom. The number of aliphatic carboxylic acids is 2. The summed E-state index contributed by atoms with van der Waals surface area (Å²) in [7, 11) is 0. The van der Waals surface area contributed by atoms with Crippen LogP contribution in [0.4, 0.5) is 0 Å². The maximum Gasteiger partial charge on any atom is 0.326 e. The van der Waals surface area contributed by atoms with E-state index in [1.807, 2.05) is 0 Å². The molecule has 0 aliphatic heterocycles. The van der Waals surface area contributed by atoms with Gasteiger partial charge in [-0.15, -0.1) is 0 Å². The van der Waals surface area contributed by atoms with Crippen LogP contribution in [0.15, 0.2) is 4.99 Å². The molecule has 37 heavy (non-hydrogen) atoms. The third-order valence-electron chi connectivity index (χ3n) is 5.13. The highest BCUT2D eigenvalue weighted by Crippen LogP contribution is 2.08. The van der Waals surface area contributed by atoms with E-state index in [1.54, 1.807) is 13.8 Å². The summed E-state index contributed by atoms with van der Waals surface area (Å²) < 4.78 is 0. The van der Waals surface area contributed by atoms with Crippen LogP contribution < -0.4 is 38.9 Å². The normalized spacial score (nSPS) is 13.9. The summed E-state index contributed by atoms with van der Waals surface area (Å²) in [5.41, 5.74) is 21.3. The number of nitrogens with one attached hydrogen (secondary N) is 3. The van der Waals surface area contributed by atoms with Crippen LogP contribution in [0.25, 0.3) is 0 Å². The Morgan fingerprint density at radius 1 is 0.784 bits per heavy atom. The van der Waals surface area contributed by atoms with Gasteiger partial charge in [0.2, 0.25) is 23.6 Å². The van der Waals surface area contributed by atoms with Crippen LogP contribution in [0.2, 0.25) is 0 Å². The number of amides is 4. The molecule has 4 atom stereocenters. The van der Waals surface area contributed by atoms with Crippen molar-refractivity contribution < 1.29 is 39.0 Å². The minimum Gasteiger partial charge on any atom is -0.481 e. The summed E-state index contributed by atoms with van der Waals surface area (Å²) in [6, 6.07) is -4.99. The second-order valence-corrected chi connectivity index (χ2v) is 8.68. The van der Waals surface area contributed by atoms with Crippen LogP contribution >= 0.6 is 0 Å². The lowest BCUT2D eigenvalue weighted by Crippen LogP contribution is -2.58. The highest BCUT2D eigenvalue weighted by atomic mass is 16.4. The van der Waals surface area contributed by atoms with E-state index in [0.717, 1.165) is 0 Å². The average molecular weight is 531 g/mol. The number of nitrogens with two attached hydrogens (primary N) is 4. The Labute approximate surface area is 214 Å². The average Bonchev–Trinajstić information content (AvgIpc) is 2.79. The Morgan fingerprint density at radius 2 is 1.38 bits per heavy atom. The molecular formula is C21H38N8O8. The lowest BCUT2D eigenvalue weighted by Gasteiger charge is -2.27. The van der Waals surface area contributed by atoms with E-state index in [1.165, 1.54) is 0 Å². The van der Waals surface area contributed by atoms with E-state index in [4.69, 9.17) is 28.0 Å². The Balaban J connectivity index is 5.57. The molecule has 0 rings (SSSR count). The van der Waals surface area contributed by atoms with Crippen molar-refractivity contribution in [1.82, 2.24) is 16.0 Å². The number of nitrogens with zero attached hydrogens (tertiary/aromatic N) is 1. The van der Waals surface area contributed by atoms with E-state index < -0.39 is 65.7 Å². The van der Waals surface area contributed by atoms with E-state index in [0.29, 0.717) is 0 Å². The maximum absolute atomic E-state index is 13.0. The van der Waals surface area contributed by atoms with Gasteiger partial charge in [-0.3, -0.25) is 29.0 Å². The highest BCUT2D eigenvalue weighted by Gasteiger charge is 2.31. The number of primary amides is 1. The second-order valence-electron chi connectivity index (χ2n) is 8.68. The summed E-state index contributed by atoms with van der Waals surface area (Å²) in [6.45, 7) is 3.38. The molecule has 210 valence electrons.